The van der Waals surface area contributed by atoms with Crippen LogP contribution in [0.2, 0.25) is 0 Å². The summed E-state index contributed by atoms with van der Waals surface area (Å²) < 4.78 is 5.03. The van der Waals surface area contributed by atoms with E-state index >= 15 is 0 Å². The third-order valence-electron chi connectivity index (χ3n) is 3.30. The summed E-state index contributed by atoms with van der Waals surface area (Å²) in [6.07, 6.45) is 4.32. The van der Waals surface area contributed by atoms with E-state index in [1.807, 2.05) is 11.8 Å². The number of ether oxygens (including phenoxy) is 1. The van der Waals surface area contributed by atoms with Crippen molar-refractivity contribution >= 4 is 17.7 Å². The van der Waals surface area contributed by atoms with Crippen molar-refractivity contribution in [3.8, 4) is 0 Å². The van der Waals surface area contributed by atoms with E-state index < -0.39 is 0 Å². The summed E-state index contributed by atoms with van der Waals surface area (Å²) in [6.45, 7) is 0.859. The monoisotopic (exact) mass is 229 g/mol. The summed E-state index contributed by atoms with van der Waals surface area (Å²) in [7, 11) is 1.75. The van der Waals surface area contributed by atoms with Gasteiger partial charge >= 0.3 is 0 Å². The van der Waals surface area contributed by atoms with Gasteiger partial charge in [-0.1, -0.05) is 0 Å². The third kappa shape index (κ3) is 2.67. The SMILES string of the molecule is COCCCCC1SCC2CC(=O)NC21. The summed E-state index contributed by atoms with van der Waals surface area (Å²) in [5, 5.41) is 3.77. The number of thioether (sulfide) groups is 1. The Kier molecular flexibility index (Phi) is 3.92. The van der Waals surface area contributed by atoms with Crippen LogP contribution in [0.15, 0.2) is 0 Å². The number of carbonyl (C=O) groups excluding carboxylic acids is 1. The molecule has 3 unspecified atom stereocenters. The Morgan fingerprint density at radius 1 is 1.53 bits per heavy atom. The molecule has 4 heteroatoms. The minimum atomic E-state index is 0.257. The number of hydrogen-bond acceptors (Lipinski definition) is 3. The molecule has 0 saturated carbocycles. The Labute approximate surface area is 95.3 Å². The van der Waals surface area contributed by atoms with Gasteiger partial charge in [0.1, 0.15) is 0 Å². The first-order valence-corrected chi connectivity index (χ1v) is 6.76. The fourth-order valence-corrected chi connectivity index (χ4v) is 4.14. The molecule has 0 bridgehead atoms. The first-order valence-electron chi connectivity index (χ1n) is 5.71. The van der Waals surface area contributed by atoms with Gasteiger partial charge in [0.15, 0.2) is 0 Å². The molecule has 0 aromatic heterocycles. The first kappa shape index (κ1) is 11.3. The van der Waals surface area contributed by atoms with Gasteiger partial charge in [0.2, 0.25) is 5.91 Å². The molecule has 15 heavy (non-hydrogen) atoms. The van der Waals surface area contributed by atoms with Crippen LogP contribution in [-0.2, 0) is 9.53 Å². The van der Waals surface area contributed by atoms with Gasteiger partial charge in [-0.3, -0.25) is 4.79 Å². The van der Waals surface area contributed by atoms with Crippen LogP contribution in [-0.4, -0.2) is 36.7 Å². The molecule has 1 N–H and O–H groups in total. The molecular formula is C11H19NO2S. The first-order chi connectivity index (χ1) is 7.31. The zero-order chi connectivity index (χ0) is 10.7. The maximum atomic E-state index is 11.2. The summed E-state index contributed by atoms with van der Waals surface area (Å²) in [4.78, 5) is 11.2. The van der Waals surface area contributed by atoms with E-state index in [4.69, 9.17) is 4.74 Å². The molecule has 86 valence electrons. The quantitative estimate of drug-likeness (QED) is 0.725. The fourth-order valence-electron chi connectivity index (χ4n) is 2.49. The summed E-state index contributed by atoms with van der Waals surface area (Å²) in [5.74, 6) is 2.03. The van der Waals surface area contributed by atoms with Crippen molar-refractivity contribution < 1.29 is 9.53 Å². The lowest BCUT2D eigenvalue weighted by atomic mass is 9.98. The second-order valence-electron chi connectivity index (χ2n) is 4.42. The van der Waals surface area contributed by atoms with Gasteiger partial charge in [0.05, 0.1) is 0 Å². The molecule has 2 aliphatic rings. The van der Waals surface area contributed by atoms with Crippen molar-refractivity contribution in [2.75, 3.05) is 19.5 Å². The Morgan fingerprint density at radius 2 is 2.40 bits per heavy atom. The highest BCUT2D eigenvalue weighted by atomic mass is 32.2. The van der Waals surface area contributed by atoms with E-state index in [-0.39, 0.29) is 5.91 Å². The second kappa shape index (κ2) is 5.21. The lowest BCUT2D eigenvalue weighted by molar-refractivity contribution is -0.119. The summed E-state index contributed by atoms with van der Waals surface area (Å²) >= 11 is 2.04. The predicted octanol–water partition coefficient (Wildman–Crippen LogP) is 1.42. The largest absolute Gasteiger partial charge is 0.385 e. The van der Waals surface area contributed by atoms with Crippen LogP contribution >= 0.6 is 11.8 Å². The molecule has 2 fully saturated rings. The van der Waals surface area contributed by atoms with E-state index in [2.05, 4.69) is 5.32 Å². The molecule has 0 aliphatic carbocycles. The number of amides is 1. The molecule has 2 aliphatic heterocycles. The highest BCUT2D eigenvalue weighted by Crippen LogP contribution is 2.39. The minimum absolute atomic E-state index is 0.257. The Hall–Kier alpha value is -0.220. The van der Waals surface area contributed by atoms with E-state index in [0.717, 1.165) is 19.4 Å². The lowest BCUT2D eigenvalue weighted by Crippen LogP contribution is -2.34. The number of rotatable bonds is 5. The molecular weight excluding hydrogens is 210 g/mol. The smallest absolute Gasteiger partial charge is 0.220 e. The standard InChI is InChI=1S/C11H19NO2S/c1-14-5-3-2-4-9-11-8(7-15-9)6-10(13)12-11/h8-9,11H,2-7H2,1H3,(H,12,13). The van der Waals surface area contributed by atoms with Crippen molar-refractivity contribution in [1.29, 1.82) is 0 Å². The molecule has 2 saturated heterocycles. The molecule has 0 spiro atoms. The zero-order valence-corrected chi connectivity index (χ0v) is 10.0. The highest BCUT2D eigenvalue weighted by molar-refractivity contribution is 8.00. The van der Waals surface area contributed by atoms with Crippen LogP contribution < -0.4 is 5.32 Å². The number of nitrogens with one attached hydrogen (secondary N) is 1. The van der Waals surface area contributed by atoms with Crippen LogP contribution in [0.5, 0.6) is 0 Å². The highest BCUT2D eigenvalue weighted by Gasteiger charge is 2.42. The second-order valence-corrected chi connectivity index (χ2v) is 5.69. The van der Waals surface area contributed by atoms with Crippen molar-refractivity contribution in [2.45, 2.75) is 37.0 Å². The predicted molar refractivity (Wildman–Crippen MR) is 62.0 cm³/mol. The van der Waals surface area contributed by atoms with Crippen molar-refractivity contribution in [3.63, 3.8) is 0 Å². The molecule has 3 nitrogen and oxygen atoms in total. The van der Waals surface area contributed by atoms with Crippen LogP contribution in [0.4, 0.5) is 0 Å². The van der Waals surface area contributed by atoms with E-state index in [9.17, 15) is 4.79 Å². The number of fused-ring (bicyclic) bond motifs is 1. The minimum Gasteiger partial charge on any atom is -0.385 e. The van der Waals surface area contributed by atoms with Gasteiger partial charge < -0.3 is 10.1 Å². The summed E-state index contributed by atoms with van der Waals surface area (Å²) in [5.41, 5.74) is 0. The van der Waals surface area contributed by atoms with Gasteiger partial charge in [-0.15, -0.1) is 0 Å². The Morgan fingerprint density at radius 3 is 3.20 bits per heavy atom. The van der Waals surface area contributed by atoms with Crippen LogP contribution in [0.1, 0.15) is 25.7 Å². The zero-order valence-electron chi connectivity index (χ0n) is 9.20. The average Bonchev–Trinajstić information content (AvgIpc) is 2.73. The average molecular weight is 229 g/mol. The number of unbranched alkanes of at least 4 members (excludes halogenated alkanes) is 1. The molecule has 0 aromatic rings. The normalized spacial score (nSPS) is 34.2. The topological polar surface area (TPSA) is 38.3 Å². The van der Waals surface area contributed by atoms with E-state index in [1.165, 1.54) is 18.6 Å². The molecule has 2 rings (SSSR count). The third-order valence-corrected chi connectivity index (χ3v) is 4.87. The number of hydrogen-bond donors (Lipinski definition) is 1. The van der Waals surface area contributed by atoms with Gasteiger partial charge in [-0.25, -0.2) is 0 Å². The van der Waals surface area contributed by atoms with Crippen LogP contribution in [0.25, 0.3) is 0 Å². The molecule has 2 heterocycles. The molecule has 1 amide bonds. The number of methoxy groups -OCH3 is 1. The van der Waals surface area contributed by atoms with Gasteiger partial charge in [0, 0.05) is 31.4 Å². The summed E-state index contributed by atoms with van der Waals surface area (Å²) in [6, 6.07) is 0.463. The van der Waals surface area contributed by atoms with Gasteiger partial charge in [0.25, 0.3) is 0 Å². The maximum absolute atomic E-state index is 11.2. The van der Waals surface area contributed by atoms with Crippen LogP contribution in [0, 0.1) is 5.92 Å². The van der Waals surface area contributed by atoms with E-state index in [0.29, 0.717) is 17.2 Å². The maximum Gasteiger partial charge on any atom is 0.220 e. The van der Waals surface area contributed by atoms with Gasteiger partial charge in [-0.05, 0) is 30.9 Å². The van der Waals surface area contributed by atoms with Gasteiger partial charge in [-0.2, -0.15) is 11.8 Å². The van der Waals surface area contributed by atoms with Crippen molar-refractivity contribution in [2.24, 2.45) is 5.92 Å². The molecule has 0 radical (unpaired) electrons. The van der Waals surface area contributed by atoms with Crippen LogP contribution in [0.3, 0.4) is 0 Å². The molecule has 0 aromatic carbocycles. The Balaban J connectivity index is 1.72. The molecule has 3 atom stereocenters. The number of carbonyl (C=O) groups is 1. The van der Waals surface area contributed by atoms with Crippen molar-refractivity contribution in [1.82, 2.24) is 5.32 Å². The lowest BCUT2D eigenvalue weighted by Gasteiger charge is -2.17. The van der Waals surface area contributed by atoms with Crippen molar-refractivity contribution in [3.05, 3.63) is 0 Å². The fraction of sp³-hybridized carbons (Fsp3) is 0.909. The Bertz CT molecular complexity index is 235. The van der Waals surface area contributed by atoms with E-state index in [1.54, 1.807) is 7.11 Å².